The number of carbonyl (C=O) groups is 4. The summed E-state index contributed by atoms with van der Waals surface area (Å²) in [4.78, 5) is 48.4. The summed E-state index contributed by atoms with van der Waals surface area (Å²) in [5.41, 5.74) is 4.95. The van der Waals surface area contributed by atoms with Crippen molar-refractivity contribution in [3.8, 4) is 0 Å². The second-order valence-electron chi connectivity index (χ2n) is 8.26. The molecule has 184 valence electrons. The van der Waals surface area contributed by atoms with Gasteiger partial charge in [0.1, 0.15) is 5.70 Å². The van der Waals surface area contributed by atoms with Gasteiger partial charge in [-0.3, -0.25) is 14.9 Å². The summed E-state index contributed by atoms with van der Waals surface area (Å²) >= 11 is 0. The molecule has 9 nitrogen and oxygen atoms in total. The highest BCUT2D eigenvalue weighted by Gasteiger charge is 2.29. The molecular weight excluding hydrogens is 472 g/mol. The van der Waals surface area contributed by atoms with Crippen molar-refractivity contribution >= 4 is 52.5 Å². The minimum atomic E-state index is -0.557. The molecule has 3 aromatic carbocycles. The van der Waals surface area contributed by atoms with Crippen molar-refractivity contribution in [1.82, 2.24) is 10.6 Å². The van der Waals surface area contributed by atoms with Gasteiger partial charge in [0.15, 0.2) is 0 Å². The first-order chi connectivity index (χ1) is 17.9. The average Bonchev–Trinajstić information content (AvgIpc) is 3.40. The van der Waals surface area contributed by atoms with Crippen molar-refractivity contribution in [3.05, 3.63) is 101 Å². The third kappa shape index (κ3) is 4.83. The van der Waals surface area contributed by atoms with Crippen LogP contribution in [-0.4, -0.2) is 30.4 Å². The molecule has 2 heterocycles. The molecule has 5 rings (SSSR count). The van der Waals surface area contributed by atoms with Crippen molar-refractivity contribution in [3.63, 3.8) is 0 Å². The molecule has 0 aliphatic carbocycles. The fraction of sp³-hybridized carbons (Fsp3) is 0.0714. The van der Waals surface area contributed by atoms with Crippen LogP contribution in [0.1, 0.15) is 34.0 Å². The van der Waals surface area contributed by atoms with E-state index in [1.807, 2.05) is 42.5 Å². The SMILES string of the molecule is CCOC(=O)c1ccc2c(c1)NC(=O)/C2=C(\Nc1ccc(C=C2NC(=O)NC2=O)cc1)c1ccccc1. The molecule has 2 aliphatic rings. The summed E-state index contributed by atoms with van der Waals surface area (Å²) in [5.74, 6) is -1.24. The second kappa shape index (κ2) is 9.82. The molecule has 0 spiro atoms. The predicted molar refractivity (Wildman–Crippen MR) is 139 cm³/mol. The molecule has 0 unspecified atom stereocenters. The molecule has 0 aromatic heterocycles. The van der Waals surface area contributed by atoms with Crippen LogP contribution in [0.4, 0.5) is 16.2 Å². The number of hydrogen-bond acceptors (Lipinski definition) is 6. The van der Waals surface area contributed by atoms with Crippen LogP contribution in [0.5, 0.6) is 0 Å². The first kappa shape index (κ1) is 23.6. The van der Waals surface area contributed by atoms with E-state index >= 15 is 0 Å². The Hall–Kier alpha value is -5.18. The largest absolute Gasteiger partial charge is 0.462 e. The summed E-state index contributed by atoms with van der Waals surface area (Å²) in [6.45, 7) is 1.99. The predicted octanol–water partition coefficient (Wildman–Crippen LogP) is 3.98. The van der Waals surface area contributed by atoms with E-state index in [9.17, 15) is 19.2 Å². The zero-order valence-corrected chi connectivity index (χ0v) is 19.8. The maximum atomic E-state index is 13.1. The van der Waals surface area contributed by atoms with E-state index in [2.05, 4.69) is 21.3 Å². The van der Waals surface area contributed by atoms with Crippen molar-refractivity contribution in [2.24, 2.45) is 0 Å². The summed E-state index contributed by atoms with van der Waals surface area (Å²) in [5, 5.41) is 10.8. The van der Waals surface area contributed by atoms with Gasteiger partial charge in [0.2, 0.25) is 0 Å². The van der Waals surface area contributed by atoms with Crippen molar-refractivity contribution in [2.75, 3.05) is 17.2 Å². The van der Waals surface area contributed by atoms with Crippen molar-refractivity contribution in [1.29, 1.82) is 0 Å². The highest BCUT2D eigenvalue weighted by molar-refractivity contribution is 6.37. The highest BCUT2D eigenvalue weighted by atomic mass is 16.5. The lowest BCUT2D eigenvalue weighted by Gasteiger charge is -2.15. The van der Waals surface area contributed by atoms with Crippen LogP contribution < -0.4 is 21.3 Å². The summed E-state index contributed by atoms with van der Waals surface area (Å²) in [6.07, 6.45) is 1.57. The molecule has 0 bridgehead atoms. The summed E-state index contributed by atoms with van der Waals surface area (Å²) < 4.78 is 5.08. The molecule has 9 heteroatoms. The molecule has 4 N–H and O–H groups in total. The maximum absolute atomic E-state index is 13.1. The number of imide groups is 1. The Bertz CT molecular complexity index is 1490. The normalized spacial score (nSPS) is 16.6. The molecule has 37 heavy (non-hydrogen) atoms. The van der Waals surface area contributed by atoms with E-state index < -0.39 is 17.9 Å². The Labute approximate surface area is 212 Å². The molecule has 1 saturated heterocycles. The van der Waals surface area contributed by atoms with Gasteiger partial charge in [0.25, 0.3) is 11.8 Å². The van der Waals surface area contributed by atoms with Crippen molar-refractivity contribution in [2.45, 2.75) is 6.92 Å². The number of hydrogen-bond donors (Lipinski definition) is 4. The van der Waals surface area contributed by atoms with Crippen LogP contribution in [0, 0.1) is 0 Å². The number of esters is 1. The number of nitrogens with one attached hydrogen (secondary N) is 4. The minimum absolute atomic E-state index is 0.166. The van der Waals surface area contributed by atoms with Crippen LogP contribution in [0.25, 0.3) is 17.3 Å². The lowest BCUT2D eigenvalue weighted by atomic mass is 9.99. The van der Waals surface area contributed by atoms with Gasteiger partial charge in [-0.1, -0.05) is 48.5 Å². The van der Waals surface area contributed by atoms with Crippen LogP contribution in [0.15, 0.2) is 78.5 Å². The number of anilines is 2. The summed E-state index contributed by atoms with van der Waals surface area (Å²) in [6, 6.07) is 21.1. The number of benzene rings is 3. The van der Waals surface area contributed by atoms with Gasteiger partial charge in [-0.25, -0.2) is 9.59 Å². The Morgan fingerprint density at radius 3 is 2.30 bits per heavy atom. The molecular formula is C28H22N4O5. The molecule has 0 radical (unpaired) electrons. The smallest absolute Gasteiger partial charge is 0.338 e. The zero-order chi connectivity index (χ0) is 25.9. The van der Waals surface area contributed by atoms with Gasteiger partial charge in [0.05, 0.1) is 29.1 Å². The Morgan fingerprint density at radius 2 is 1.62 bits per heavy atom. The van der Waals surface area contributed by atoms with Gasteiger partial charge in [-0.2, -0.15) is 0 Å². The summed E-state index contributed by atoms with van der Waals surface area (Å²) in [7, 11) is 0. The number of urea groups is 1. The van der Waals surface area contributed by atoms with Crippen LogP contribution in [0.3, 0.4) is 0 Å². The van der Waals surface area contributed by atoms with Gasteiger partial charge in [0, 0.05) is 11.3 Å². The van der Waals surface area contributed by atoms with E-state index in [4.69, 9.17) is 4.74 Å². The Morgan fingerprint density at radius 1 is 0.865 bits per heavy atom. The quantitative estimate of drug-likeness (QED) is 0.233. The van der Waals surface area contributed by atoms with E-state index in [1.54, 1.807) is 43.3 Å². The first-order valence-corrected chi connectivity index (χ1v) is 11.6. The number of carbonyl (C=O) groups excluding carboxylic acids is 4. The van der Waals surface area contributed by atoms with E-state index in [1.165, 1.54) is 0 Å². The fourth-order valence-corrected chi connectivity index (χ4v) is 4.10. The molecule has 2 aliphatic heterocycles. The zero-order valence-electron chi connectivity index (χ0n) is 19.8. The van der Waals surface area contributed by atoms with E-state index in [-0.39, 0.29) is 18.2 Å². The topological polar surface area (TPSA) is 126 Å². The molecule has 1 fully saturated rings. The first-order valence-electron chi connectivity index (χ1n) is 11.6. The van der Waals surface area contributed by atoms with Crippen LogP contribution in [-0.2, 0) is 14.3 Å². The Balaban J connectivity index is 1.51. The van der Waals surface area contributed by atoms with Crippen LogP contribution in [0.2, 0.25) is 0 Å². The number of rotatable bonds is 6. The van der Waals surface area contributed by atoms with Gasteiger partial charge < -0.3 is 20.7 Å². The lowest BCUT2D eigenvalue weighted by molar-refractivity contribution is -0.115. The molecule has 4 amide bonds. The molecule has 3 aromatic rings. The maximum Gasteiger partial charge on any atom is 0.338 e. The van der Waals surface area contributed by atoms with Gasteiger partial charge >= 0.3 is 12.0 Å². The number of fused-ring (bicyclic) bond motifs is 1. The standard InChI is InChI=1S/C28H22N4O5/c1-2-37-27(35)18-10-13-20-21(15-18)30-26(34)23(20)24(17-6-4-3-5-7-17)29-19-11-8-16(9-12-19)14-22-25(33)32-28(36)31-22/h3-15,29H,2H2,1H3,(H,30,34)(H2,31,32,33,36)/b22-14?,24-23-. The second-order valence-corrected chi connectivity index (χ2v) is 8.26. The monoisotopic (exact) mass is 494 g/mol. The molecule has 0 saturated carbocycles. The fourth-order valence-electron chi connectivity index (χ4n) is 4.10. The van der Waals surface area contributed by atoms with Crippen LogP contribution >= 0.6 is 0 Å². The number of amides is 4. The third-order valence-electron chi connectivity index (χ3n) is 5.80. The van der Waals surface area contributed by atoms with E-state index in [0.717, 1.165) is 5.56 Å². The van der Waals surface area contributed by atoms with Gasteiger partial charge in [-0.15, -0.1) is 0 Å². The number of ether oxygens (including phenoxy) is 1. The van der Waals surface area contributed by atoms with Crippen molar-refractivity contribution < 1.29 is 23.9 Å². The van der Waals surface area contributed by atoms with Gasteiger partial charge in [-0.05, 0) is 48.4 Å². The highest BCUT2D eigenvalue weighted by Crippen LogP contribution is 2.38. The minimum Gasteiger partial charge on any atom is -0.462 e. The van der Waals surface area contributed by atoms with E-state index in [0.29, 0.717) is 39.3 Å². The lowest BCUT2D eigenvalue weighted by Crippen LogP contribution is -2.22. The molecule has 0 atom stereocenters. The Kier molecular flexibility index (Phi) is 6.25. The average molecular weight is 495 g/mol. The third-order valence-corrected chi connectivity index (χ3v) is 5.80.